The van der Waals surface area contributed by atoms with Gasteiger partial charge in [0, 0.05) is 26.2 Å². The summed E-state index contributed by atoms with van der Waals surface area (Å²) in [6.45, 7) is 11.7. The van der Waals surface area contributed by atoms with Crippen molar-refractivity contribution in [2.75, 3.05) is 39.3 Å². The largest absolute Gasteiger partial charge is 0.494 e. The van der Waals surface area contributed by atoms with Crippen molar-refractivity contribution in [2.24, 2.45) is 5.73 Å². The number of rotatable bonds is 5. The number of urea groups is 1. The summed E-state index contributed by atoms with van der Waals surface area (Å²) in [6, 6.07) is 8.05. The predicted octanol–water partition coefficient (Wildman–Crippen LogP) is 2.84. The number of hydrogen-bond acceptors (Lipinski definition) is 3. The van der Waals surface area contributed by atoms with Gasteiger partial charge in [0.2, 0.25) is 0 Å². The topological polar surface area (TPSA) is 58.8 Å². The number of amides is 2. The SMILES string of the molecule is CC(C)(C)c1cccc(OCCCN2CCCN(C(N)=O)CC2)c1. The number of carbonyl (C=O) groups is 1. The molecule has 0 bridgehead atoms. The summed E-state index contributed by atoms with van der Waals surface area (Å²) in [7, 11) is 0. The average molecular weight is 333 g/mol. The number of ether oxygens (including phenoxy) is 1. The fourth-order valence-electron chi connectivity index (χ4n) is 2.95. The van der Waals surface area contributed by atoms with Crippen molar-refractivity contribution in [1.82, 2.24) is 9.80 Å². The zero-order valence-corrected chi connectivity index (χ0v) is 15.3. The maximum Gasteiger partial charge on any atom is 0.314 e. The van der Waals surface area contributed by atoms with Crippen LogP contribution in [0.1, 0.15) is 39.2 Å². The van der Waals surface area contributed by atoms with Crippen molar-refractivity contribution in [3.63, 3.8) is 0 Å². The minimum absolute atomic E-state index is 0.137. The molecule has 134 valence electrons. The number of hydrogen-bond donors (Lipinski definition) is 1. The highest BCUT2D eigenvalue weighted by Gasteiger charge is 2.17. The lowest BCUT2D eigenvalue weighted by Gasteiger charge is -2.21. The molecule has 2 rings (SSSR count). The summed E-state index contributed by atoms with van der Waals surface area (Å²) in [5.74, 6) is 0.943. The van der Waals surface area contributed by atoms with Gasteiger partial charge in [-0.2, -0.15) is 0 Å². The summed E-state index contributed by atoms with van der Waals surface area (Å²) in [4.78, 5) is 15.4. The number of nitrogens with zero attached hydrogens (tertiary/aromatic N) is 2. The molecular formula is C19H31N3O2. The molecule has 24 heavy (non-hydrogen) atoms. The molecule has 1 heterocycles. The van der Waals surface area contributed by atoms with E-state index < -0.39 is 0 Å². The van der Waals surface area contributed by atoms with Crippen molar-refractivity contribution < 1.29 is 9.53 Å². The van der Waals surface area contributed by atoms with Gasteiger partial charge in [0.1, 0.15) is 5.75 Å². The number of carbonyl (C=O) groups excluding carboxylic acids is 1. The first kappa shape index (κ1) is 18.6. The van der Waals surface area contributed by atoms with Gasteiger partial charge in [-0.1, -0.05) is 32.9 Å². The van der Waals surface area contributed by atoms with Crippen LogP contribution in [0.2, 0.25) is 0 Å². The molecule has 1 aliphatic heterocycles. The zero-order valence-electron chi connectivity index (χ0n) is 15.3. The molecule has 5 nitrogen and oxygen atoms in total. The van der Waals surface area contributed by atoms with Crippen LogP contribution in [-0.4, -0.2) is 55.2 Å². The molecule has 2 amide bonds. The summed E-state index contributed by atoms with van der Waals surface area (Å²) in [5, 5.41) is 0. The maximum atomic E-state index is 11.2. The van der Waals surface area contributed by atoms with E-state index in [1.54, 1.807) is 4.90 Å². The third kappa shape index (κ3) is 5.71. The van der Waals surface area contributed by atoms with Crippen LogP contribution in [0.15, 0.2) is 24.3 Å². The first-order valence-electron chi connectivity index (χ1n) is 8.86. The van der Waals surface area contributed by atoms with E-state index in [9.17, 15) is 4.79 Å². The van der Waals surface area contributed by atoms with E-state index in [1.807, 2.05) is 6.07 Å². The molecule has 0 saturated carbocycles. The van der Waals surface area contributed by atoms with Gasteiger partial charge in [-0.15, -0.1) is 0 Å². The molecule has 1 saturated heterocycles. The summed E-state index contributed by atoms with van der Waals surface area (Å²) >= 11 is 0. The highest BCUT2D eigenvalue weighted by atomic mass is 16.5. The minimum atomic E-state index is -0.307. The number of nitrogens with two attached hydrogens (primary N) is 1. The van der Waals surface area contributed by atoms with E-state index in [2.05, 4.69) is 43.9 Å². The molecule has 1 aromatic rings. The Balaban J connectivity index is 1.72. The lowest BCUT2D eigenvalue weighted by molar-refractivity contribution is 0.205. The zero-order chi connectivity index (χ0) is 17.6. The standard InChI is InChI=1S/C19H31N3O2/c1-19(2,3)16-7-4-8-17(15-16)24-14-6-10-21-9-5-11-22(13-12-21)18(20)23/h4,7-8,15H,5-6,9-14H2,1-3H3,(H2,20,23). The Hall–Kier alpha value is -1.75. The van der Waals surface area contributed by atoms with Crippen LogP contribution in [-0.2, 0) is 5.41 Å². The summed E-state index contributed by atoms with van der Waals surface area (Å²) < 4.78 is 5.91. The second-order valence-corrected chi connectivity index (χ2v) is 7.50. The molecule has 0 unspecified atom stereocenters. The lowest BCUT2D eigenvalue weighted by atomic mass is 9.87. The lowest BCUT2D eigenvalue weighted by Crippen LogP contribution is -2.38. The minimum Gasteiger partial charge on any atom is -0.494 e. The molecule has 0 radical (unpaired) electrons. The van der Waals surface area contributed by atoms with Crippen molar-refractivity contribution in [2.45, 2.75) is 39.0 Å². The Labute approximate surface area is 145 Å². The average Bonchev–Trinajstić information content (AvgIpc) is 2.77. The van der Waals surface area contributed by atoms with Gasteiger partial charge in [0.15, 0.2) is 0 Å². The Morgan fingerprint density at radius 1 is 1.21 bits per heavy atom. The van der Waals surface area contributed by atoms with Crippen LogP contribution in [0.4, 0.5) is 4.79 Å². The Kier molecular flexibility index (Phi) is 6.49. The Morgan fingerprint density at radius 2 is 2.00 bits per heavy atom. The normalized spacial score (nSPS) is 16.7. The molecule has 1 aromatic carbocycles. The van der Waals surface area contributed by atoms with Crippen molar-refractivity contribution in [1.29, 1.82) is 0 Å². The van der Waals surface area contributed by atoms with Gasteiger partial charge >= 0.3 is 6.03 Å². The van der Waals surface area contributed by atoms with E-state index in [1.165, 1.54) is 5.56 Å². The monoisotopic (exact) mass is 333 g/mol. The smallest absolute Gasteiger partial charge is 0.314 e. The molecule has 2 N–H and O–H groups in total. The second-order valence-electron chi connectivity index (χ2n) is 7.50. The van der Waals surface area contributed by atoms with Gasteiger partial charge in [-0.3, -0.25) is 0 Å². The second kappa shape index (κ2) is 8.38. The molecule has 1 aliphatic rings. The van der Waals surface area contributed by atoms with Gasteiger partial charge < -0.3 is 20.3 Å². The van der Waals surface area contributed by atoms with Gasteiger partial charge in [0.25, 0.3) is 0 Å². The highest BCUT2D eigenvalue weighted by molar-refractivity contribution is 5.71. The number of benzene rings is 1. The molecule has 0 aliphatic carbocycles. The molecule has 5 heteroatoms. The quantitative estimate of drug-likeness (QED) is 0.843. The van der Waals surface area contributed by atoms with Crippen molar-refractivity contribution in [3.8, 4) is 5.75 Å². The highest BCUT2D eigenvalue weighted by Crippen LogP contribution is 2.25. The Morgan fingerprint density at radius 3 is 2.71 bits per heavy atom. The fraction of sp³-hybridized carbons (Fsp3) is 0.632. The predicted molar refractivity (Wildman–Crippen MR) is 97.5 cm³/mol. The van der Waals surface area contributed by atoms with Crippen LogP contribution >= 0.6 is 0 Å². The van der Waals surface area contributed by atoms with Gasteiger partial charge in [-0.05, 0) is 42.5 Å². The summed E-state index contributed by atoms with van der Waals surface area (Å²) in [5.41, 5.74) is 6.79. The molecular weight excluding hydrogens is 302 g/mol. The first-order valence-corrected chi connectivity index (χ1v) is 8.86. The van der Waals surface area contributed by atoms with E-state index in [0.717, 1.165) is 51.3 Å². The molecule has 0 atom stereocenters. The van der Waals surface area contributed by atoms with Crippen LogP contribution in [0.25, 0.3) is 0 Å². The van der Waals surface area contributed by atoms with Crippen molar-refractivity contribution >= 4 is 6.03 Å². The van der Waals surface area contributed by atoms with Crippen LogP contribution in [0, 0.1) is 0 Å². The van der Waals surface area contributed by atoms with Gasteiger partial charge in [-0.25, -0.2) is 4.79 Å². The third-order valence-corrected chi connectivity index (χ3v) is 4.49. The maximum absolute atomic E-state index is 11.2. The van der Waals surface area contributed by atoms with Crippen molar-refractivity contribution in [3.05, 3.63) is 29.8 Å². The number of primary amides is 1. The first-order chi connectivity index (χ1) is 11.4. The van der Waals surface area contributed by atoms with E-state index in [4.69, 9.17) is 10.5 Å². The van der Waals surface area contributed by atoms with Crippen LogP contribution in [0.3, 0.4) is 0 Å². The Bertz CT molecular complexity index is 540. The van der Waals surface area contributed by atoms with Crippen LogP contribution < -0.4 is 10.5 Å². The molecule has 1 fully saturated rings. The molecule has 0 spiro atoms. The van der Waals surface area contributed by atoms with E-state index in [0.29, 0.717) is 6.61 Å². The van der Waals surface area contributed by atoms with Gasteiger partial charge in [0.05, 0.1) is 6.61 Å². The van der Waals surface area contributed by atoms with E-state index >= 15 is 0 Å². The molecule has 0 aromatic heterocycles. The van der Waals surface area contributed by atoms with Crippen LogP contribution in [0.5, 0.6) is 5.75 Å². The van der Waals surface area contributed by atoms with E-state index in [-0.39, 0.29) is 11.4 Å². The summed E-state index contributed by atoms with van der Waals surface area (Å²) in [6.07, 6.45) is 1.97. The fourth-order valence-corrected chi connectivity index (χ4v) is 2.95. The third-order valence-electron chi connectivity index (χ3n) is 4.49.